The molecule has 0 radical (unpaired) electrons. The third kappa shape index (κ3) is 3.05. The Bertz CT molecular complexity index is 548. The van der Waals surface area contributed by atoms with E-state index in [1.165, 1.54) is 8.61 Å². The second-order valence-corrected chi connectivity index (χ2v) is 6.67. The summed E-state index contributed by atoms with van der Waals surface area (Å²) in [6.45, 7) is 1.83. The van der Waals surface area contributed by atoms with Crippen LogP contribution in [0.15, 0.2) is 24.3 Å². The minimum atomic E-state index is -3.54. The highest BCUT2D eigenvalue weighted by atomic mass is 32.2. The van der Waals surface area contributed by atoms with Crippen molar-refractivity contribution in [2.45, 2.75) is 12.8 Å². The van der Waals surface area contributed by atoms with Crippen LogP contribution in [-0.2, 0) is 10.2 Å². The molecule has 0 atom stereocenters. The van der Waals surface area contributed by atoms with Crippen molar-refractivity contribution in [1.29, 1.82) is 0 Å². The summed E-state index contributed by atoms with van der Waals surface area (Å²) in [4.78, 5) is 0. The van der Waals surface area contributed by atoms with Crippen molar-refractivity contribution in [3.8, 4) is 5.75 Å². The number of nitrogens with two attached hydrogens (primary N) is 1. The Hall–Kier alpha value is -1.31. The van der Waals surface area contributed by atoms with Crippen LogP contribution in [0.5, 0.6) is 5.75 Å². The normalized spacial score (nSPS) is 15.7. The topological polar surface area (TPSA) is 75.9 Å². The van der Waals surface area contributed by atoms with Crippen LogP contribution in [-0.4, -0.2) is 46.0 Å². The van der Waals surface area contributed by atoms with Gasteiger partial charge in [-0.2, -0.15) is 12.7 Å². The lowest BCUT2D eigenvalue weighted by atomic mass is 10.3. The van der Waals surface area contributed by atoms with Gasteiger partial charge in [0.1, 0.15) is 5.75 Å². The molecule has 0 saturated heterocycles. The minimum absolute atomic E-state index is 0.415. The molecule has 0 unspecified atom stereocenters. The van der Waals surface area contributed by atoms with E-state index in [1.54, 1.807) is 19.2 Å². The summed E-state index contributed by atoms with van der Waals surface area (Å²) in [7, 11) is -1.96. The van der Waals surface area contributed by atoms with E-state index >= 15 is 0 Å². The predicted molar refractivity (Wildman–Crippen MR) is 79.1 cm³/mol. The van der Waals surface area contributed by atoms with Crippen molar-refractivity contribution in [3.63, 3.8) is 0 Å². The maximum absolute atomic E-state index is 12.7. The van der Waals surface area contributed by atoms with Gasteiger partial charge in [0, 0.05) is 26.6 Å². The Morgan fingerprint density at radius 2 is 2.15 bits per heavy atom. The van der Waals surface area contributed by atoms with Crippen LogP contribution in [0.1, 0.15) is 12.8 Å². The highest BCUT2D eigenvalue weighted by Crippen LogP contribution is 2.32. The molecule has 2 rings (SSSR count). The number of benzene rings is 1. The SMILES string of the molecule is CN(CCCN)S(=O)(=O)N1CCCOc2ccccc21. The molecule has 7 heteroatoms. The van der Waals surface area contributed by atoms with Gasteiger partial charge in [0.25, 0.3) is 0 Å². The molecule has 1 aromatic carbocycles. The zero-order valence-electron chi connectivity index (χ0n) is 11.7. The van der Waals surface area contributed by atoms with Gasteiger partial charge in [-0.25, -0.2) is 0 Å². The largest absolute Gasteiger partial charge is 0.491 e. The lowest BCUT2D eigenvalue weighted by Crippen LogP contribution is -2.43. The smallest absolute Gasteiger partial charge is 0.303 e. The number of hydrogen-bond donors (Lipinski definition) is 1. The van der Waals surface area contributed by atoms with Gasteiger partial charge in [0.2, 0.25) is 0 Å². The molecule has 0 fully saturated rings. The van der Waals surface area contributed by atoms with Gasteiger partial charge in [0.15, 0.2) is 0 Å². The first-order valence-electron chi connectivity index (χ1n) is 6.73. The van der Waals surface area contributed by atoms with Crippen molar-refractivity contribution in [1.82, 2.24) is 4.31 Å². The molecular formula is C13H21N3O3S. The lowest BCUT2D eigenvalue weighted by Gasteiger charge is -2.28. The number of ether oxygens (including phenoxy) is 1. The second kappa shape index (κ2) is 6.43. The van der Waals surface area contributed by atoms with E-state index in [0.717, 1.165) is 0 Å². The van der Waals surface area contributed by atoms with Crippen LogP contribution in [0, 0.1) is 0 Å². The quantitative estimate of drug-likeness (QED) is 0.872. The average Bonchev–Trinajstić information content (AvgIpc) is 2.67. The fraction of sp³-hybridized carbons (Fsp3) is 0.538. The van der Waals surface area contributed by atoms with Crippen LogP contribution in [0.2, 0.25) is 0 Å². The number of fused-ring (bicyclic) bond motifs is 1. The molecule has 1 aromatic rings. The number of nitrogens with zero attached hydrogens (tertiary/aromatic N) is 2. The van der Waals surface area contributed by atoms with Gasteiger partial charge in [-0.1, -0.05) is 12.1 Å². The highest BCUT2D eigenvalue weighted by molar-refractivity contribution is 7.90. The molecule has 1 aliphatic heterocycles. The van der Waals surface area contributed by atoms with Crippen LogP contribution in [0.4, 0.5) is 5.69 Å². The minimum Gasteiger partial charge on any atom is -0.491 e. The molecule has 1 aliphatic rings. The van der Waals surface area contributed by atoms with E-state index in [9.17, 15) is 8.42 Å². The van der Waals surface area contributed by atoms with Gasteiger partial charge < -0.3 is 10.5 Å². The Morgan fingerprint density at radius 3 is 2.90 bits per heavy atom. The molecule has 20 heavy (non-hydrogen) atoms. The summed E-state index contributed by atoms with van der Waals surface area (Å²) in [5.41, 5.74) is 6.05. The monoisotopic (exact) mass is 299 g/mol. The van der Waals surface area contributed by atoms with E-state index in [4.69, 9.17) is 10.5 Å². The first kappa shape index (κ1) is 15.1. The molecule has 1 heterocycles. The van der Waals surface area contributed by atoms with E-state index < -0.39 is 10.2 Å². The van der Waals surface area contributed by atoms with Gasteiger partial charge >= 0.3 is 10.2 Å². The van der Waals surface area contributed by atoms with E-state index in [-0.39, 0.29) is 0 Å². The van der Waals surface area contributed by atoms with E-state index in [2.05, 4.69) is 0 Å². The maximum atomic E-state index is 12.7. The molecular weight excluding hydrogens is 278 g/mol. The Kier molecular flexibility index (Phi) is 4.85. The Labute approximate surface area is 120 Å². The molecule has 0 spiro atoms. The van der Waals surface area contributed by atoms with Crippen LogP contribution in [0.3, 0.4) is 0 Å². The highest BCUT2D eigenvalue weighted by Gasteiger charge is 2.30. The number of hydrogen-bond acceptors (Lipinski definition) is 4. The van der Waals surface area contributed by atoms with Crippen molar-refractivity contribution in [3.05, 3.63) is 24.3 Å². The molecule has 0 amide bonds. The zero-order chi connectivity index (χ0) is 14.6. The van der Waals surface area contributed by atoms with Crippen molar-refractivity contribution < 1.29 is 13.2 Å². The third-order valence-corrected chi connectivity index (χ3v) is 5.15. The number of rotatable bonds is 5. The first-order valence-corrected chi connectivity index (χ1v) is 8.13. The molecule has 6 nitrogen and oxygen atoms in total. The van der Waals surface area contributed by atoms with Gasteiger partial charge in [-0.3, -0.25) is 4.31 Å². The van der Waals surface area contributed by atoms with Crippen molar-refractivity contribution in [2.75, 3.05) is 37.6 Å². The van der Waals surface area contributed by atoms with Crippen molar-refractivity contribution in [2.24, 2.45) is 5.73 Å². The summed E-state index contributed by atoms with van der Waals surface area (Å²) >= 11 is 0. The fourth-order valence-electron chi connectivity index (χ4n) is 2.13. The standard InChI is InChI=1S/C13H21N3O3S/c1-15(9-4-8-14)20(17,18)16-10-5-11-19-13-7-3-2-6-12(13)16/h2-3,6-7H,4-5,8-11,14H2,1H3. The van der Waals surface area contributed by atoms with Crippen LogP contribution >= 0.6 is 0 Å². The molecule has 0 bridgehead atoms. The van der Waals surface area contributed by atoms with Crippen LogP contribution < -0.4 is 14.8 Å². The van der Waals surface area contributed by atoms with E-state index in [0.29, 0.717) is 50.5 Å². The third-order valence-electron chi connectivity index (χ3n) is 3.25. The van der Waals surface area contributed by atoms with Gasteiger partial charge in [-0.15, -0.1) is 0 Å². The van der Waals surface area contributed by atoms with Gasteiger partial charge in [0.05, 0.1) is 12.3 Å². The molecule has 2 N–H and O–H groups in total. The van der Waals surface area contributed by atoms with Crippen LogP contribution in [0.25, 0.3) is 0 Å². The predicted octanol–water partition coefficient (Wildman–Crippen LogP) is 0.801. The summed E-state index contributed by atoms with van der Waals surface area (Å²) in [6.07, 6.45) is 1.31. The molecule has 0 saturated carbocycles. The average molecular weight is 299 g/mol. The Morgan fingerprint density at radius 1 is 1.40 bits per heavy atom. The fourth-order valence-corrected chi connectivity index (χ4v) is 3.59. The lowest BCUT2D eigenvalue weighted by molar-refractivity contribution is 0.322. The summed E-state index contributed by atoms with van der Waals surface area (Å²) in [6, 6.07) is 7.22. The first-order chi connectivity index (χ1) is 9.57. The molecule has 0 aromatic heterocycles. The summed E-state index contributed by atoms with van der Waals surface area (Å²) < 4.78 is 33.7. The van der Waals surface area contributed by atoms with Gasteiger partial charge in [-0.05, 0) is 25.1 Å². The number of para-hydroxylation sites is 2. The Balaban J connectivity index is 2.31. The summed E-state index contributed by atoms with van der Waals surface area (Å²) in [5.74, 6) is 0.612. The van der Waals surface area contributed by atoms with Crippen molar-refractivity contribution >= 4 is 15.9 Å². The molecule has 112 valence electrons. The van der Waals surface area contributed by atoms with E-state index in [1.807, 2.05) is 12.1 Å². The zero-order valence-corrected chi connectivity index (χ0v) is 12.5. The molecule has 0 aliphatic carbocycles. The number of anilines is 1. The second-order valence-electron chi connectivity index (χ2n) is 4.71. The summed E-state index contributed by atoms with van der Waals surface area (Å²) in [5, 5.41) is 0. The maximum Gasteiger partial charge on any atom is 0.303 e.